The Bertz CT molecular complexity index is 193. The van der Waals surface area contributed by atoms with Crippen LogP contribution in [0.5, 0.6) is 0 Å². The molecule has 0 aromatic carbocycles. The van der Waals surface area contributed by atoms with Crippen molar-refractivity contribution in [2.24, 2.45) is 17.6 Å². The first-order chi connectivity index (χ1) is 6.65. The molecule has 0 heterocycles. The molecule has 14 heavy (non-hydrogen) atoms. The molecule has 3 atom stereocenters. The monoisotopic (exact) mass is 195 g/mol. The maximum atomic E-state index is 5.87. The Kier molecular flexibility index (Phi) is 4.67. The van der Waals surface area contributed by atoms with Crippen LogP contribution in [0.2, 0.25) is 0 Å². The summed E-state index contributed by atoms with van der Waals surface area (Å²) in [5, 5.41) is 0. The minimum absolute atomic E-state index is 0.231. The van der Waals surface area contributed by atoms with Crippen molar-refractivity contribution in [3.63, 3.8) is 0 Å². The molecule has 3 unspecified atom stereocenters. The van der Waals surface area contributed by atoms with E-state index in [4.69, 9.17) is 5.73 Å². The van der Waals surface area contributed by atoms with Crippen LogP contribution in [0.4, 0.5) is 0 Å². The Hall–Kier alpha value is -0.300. The van der Waals surface area contributed by atoms with Crippen LogP contribution in [0.25, 0.3) is 0 Å². The van der Waals surface area contributed by atoms with Gasteiger partial charge in [-0.2, -0.15) is 0 Å². The molecule has 1 rings (SSSR count). The molecule has 0 aliphatic heterocycles. The van der Waals surface area contributed by atoms with E-state index in [1.54, 1.807) is 0 Å². The van der Waals surface area contributed by atoms with Crippen LogP contribution in [0.1, 0.15) is 52.9 Å². The first-order valence-corrected chi connectivity index (χ1v) is 6.09. The molecule has 0 amide bonds. The van der Waals surface area contributed by atoms with E-state index in [0.29, 0.717) is 0 Å². The van der Waals surface area contributed by atoms with Gasteiger partial charge in [-0.25, -0.2) is 0 Å². The zero-order valence-electron chi connectivity index (χ0n) is 9.92. The third-order valence-corrected chi connectivity index (χ3v) is 3.69. The van der Waals surface area contributed by atoms with E-state index in [0.717, 1.165) is 11.8 Å². The summed E-state index contributed by atoms with van der Waals surface area (Å²) in [7, 11) is 0. The minimum Gasteiger partial charge on any atom is -0.324 e. The van der Waals surface area contributed by atoms with Crippen LogP contribution in [0.15, 0.2) is 11.6 Å². The van der Waals surface area contributed by atoms with Gasteiger partial charge in [0.05, 0.1) is 0 Å². The van der Waals surface area contributed by atoms with Gasteiger partial charge in [-0.3, -0.25) is 0 Å². The zero-order valence-corrected chi connectivity index (χ0v) is 9.92. The molecule has 1 nitrogen and oxygen atoms in total. The maximum Gasteiger partial charge on any atom is 0.0222 e. The summed E-state index contributed by atoms with van der Waals surface area (Å²) in [4.78, 5) is 0. The summed E-state index contributed by atoms with van der Waals surface area (Å²) in [5.41, 5.74) is 7.24. The van der Waals surface area contributed by atoms with E-state index in [9.17, 15) is 0 Å². The number of nitrogens with two attached hydrogens (primary N) is 1. The average Bonchev–Trinajstić information content (AvgIpc) is 2.18. The maximum absolute atomic E-state index is 5.87. The second-order valence-corrected chi connectivity index (χ2v) is 4.82. The number of rotatable bonds is 3. The van der Waals surface area contributed by atoms with Gasteiger partial charge in [0.1, 0.15) is 0 Å². The van der Waals surface area contributed by atoms with Crippen LogP contribution in [0, 0.1) is 11.8 Å². The van der Waals surface area contributed by atoms with E-state index < -0.39 is 0 Å². The van der Waals surface area contributed by atoms with E-state index >= 15 is 0 Å². The smallest absolute Gasteiger partial charge is 0.0222 e. The highest BCUT2D eigenvalue weighted by Crippen LogP contribution is 2.33. The quantitative estimate of drug-likeness (QED) is 0.685. The Morgan fingerprint density at radius 1 is 1.43 bits per heavy atom. The predicted molar refractivity (Wildman–Crippen MR) is 63.1 cm³/mol. The van der Waals surface area contributed by atoms with Crippen molar-refractivity contribution in [1.82, 2.24) is 0 Å². The van der Waals surface area contributed by atoms with E-state index in [1.165, 1.54) is 37.7 Å². The molecule has 1 saturated carbocycles. The highest BCUT2D eigenvalue weighted by molar-refractivity contribution is 5.08. The molecule has 82 valence electrons. The van der Waals surface area contributed by atoms with Gasteiger partial charge in [0.25, 0.3) is 0 Å². The topological polar surface area (TPSA) is 26.0 Å². The van der Waals surface area contributed by atoms with Crippen LogP contribution in [-0.2, 0) is 0 Å². The predicted octanol–water partition coefficient (Wildman–Crippen LogP) is 3.50. The number of allylic oxidation sites excluding steroid dienone is 1. The standard InChI is InChI=1S/C13H25N/c1-4-12-7-5-6-8-13(12)9-10(2)11(3)14/h9,11-13H,4-8,14H2,1-3H3/b10-9-. The largest absolute Gasteiger partial charge is 0.324 e. The second-order valence-electron chi connectivity index (χ2n) is 4.82. The van der Waals surface area contributed by atoms with Gasteiger partial charge in [0.15, 0.2) is 0 Å². The molecule has 0 bridgehead atoms. The molecule has 1 fully saturated rings. The Labute approximate surface area is 88.8 Å². The highest BCUT2D eigenvalue weighted by Gasteiger charge is 2.21. The molecule has 1 heteroatoms. The van der Waals surface area contributed by atoms with E-state index in [1.807, 2.05) is 0 Å². The summed E-state index contributed by atoms with van der Waals surface area (Å²) in [6, 6.07) is 0.231. The van der Waals surface area contributed by atoms with Crippen molar-refractivity contribution in [2.45, 2.75) is 58.9 Å². The van der Waals surface area contributed by atoms with Crippen LogP contribution in [-0.4, -0.2) is 6.04 Å². The van der Waals surface area contributed by atoms with Gasteiger partial charge in [-0.05, 0) is 38.5 Å². The fourth-order valence-electron chi connectivity index (χ4n) is 2.45. The lowest BCUT2D eigenvalue weighted by Gasteiger charge is -2.29. The fraction of sp³-hybridized carbons (Fsp3) is 0.846. The first-order valence-electron chi connectivity index (χ1n) is 6.09. The highest BCUT2D eigenvalue weighted by atomic mass is 14.6. The SMILES string of the molecule is CCC1CCCCC1/C=C(/C)C(C)N. The van der Waals surface area contributed by atoms with Crippen molar-refractivity contribution in [3.05, 3.63) is 11.6 Å². The number of hydrogen-bond acceptors (Lipinski definition) is 1. The van der Waals surface area contributed by atoms with Gasteiger partial charge in [-0.15, -0.1) is 0 Å². The molecule has 2 N–H and O–H groups in total. The lowest BCUT2D eigenvalue weighted by atomic mass is 9.77. The van der Waals surface area contributed by atoms with Crippen molar-refractivity contribution in [2.75, 3.05) is 0 Å². The fourth-order valence-corrected chi connectivity index (χ4v) is 2.45. The summed E-state index contributed by atoms with van der Waals surface area (Å²) in [5.74, 6) is 1.72. The molecule has 0 saturated heterocycles. The second kappa shape index (κ2) is 5.55. The van der Waals surface area contributed by atoms with Gasteiger partial charge >= 0.3 is 0 Å². The van der Waals surface area contributed by atoms with Crippen molar-refractivity contribution in [3.8, 4) is 0 Å². The third-order valence-electron chi connectivity index (χ3n) is 3.69. The lowest BCUT2D eigenvalue weighted by molar-refractivity contribution is 0.275. The van der Waals surface area contributed by atoms with Gasteiger partial charge in [-0.1, -0.05) is 37.8 Å². The average molecular weight is 195 g/mol. The Morgan fingerprint density at radius 2 is 2.07 bits per heavy atom. The van der Waals surface area contributed by atoms with Crippen LogP contribution in [0.3, 0.4) is 0 Å². The van der Waals surface area contributed by atoms with E-state index in [2.05, 4.69) is 26.8 Å². The van der Waals surface area contributed by atoms with E-state index in [-0.39, 0.29) is 6.04 Å². The summed E-state index contributed by atoms with van der Waals surface area (Å²) >= 11 is 0. The molecule has 0 radical (unpaired) electrons. The van der Waals surface area contributed by atoms with Gasteiger partial charge in [0, 0.05) is 6.04 Å². The summed E-state index contributed by atoms with van der Waals surface area (Å²) in [6.07, 6.45) is 9.40. The zero-order chi connectivity index (χ0) is 10.6. The molecule has 1 aliphatic rings. The normalized spacial score (nSPS) is 31.6. The van der Waals surface area contributed by atoms with Crippen LogP contribution < -0.4 is 5.73 Å². The van der Waals surface area contributed by atoms with Gasteiger partial charge < -0.3 is 5.73 Å². The van der Waals surface area contributed by atoms with Crippen LogP contribution >= 0.6 is 0 Å². The molecular formula is C13H25N. The van der Waals surface area contributed by atoms with Crippen molar-refractivity contribution >= 4 is 0 Å². The van der Waals surface area contributed by atoms with Crippen molar-refractivity contribution < 1.29 is 0 Å². The molecule has 0 aromatic heterocycles. The lowest BCUT2D eigenvalue weighted by Crippen LogP contribution is -2.21. The third kappa shape index (κ3) is 3.13. The minimum atomic E-state index is 0.231. The molecule has 0 spiro atoms. The number of hydrogen-bond donors (Lipinski definition) is 1. The molecule has 0 aromatic rings. The summed E-state index contributed by atoms with van der Waals surface area (Å²) in [6.45, 7) is 6.57. The summed E-state index contributed by atoms with van der Waals surface area (Å²) < 4.78 is 0. The van der Waals surface area contributed by atoms with Crippen molar-refractivity contribution in [1.29, 1.82) is 0 Å². The molecular weight excluding hydrogens is 170 g/mol. The molecule has 1 aliphatic carbocycles. The van der Waals surface area contributed by atoms with Gasteiger partial charge in [0.2, 0.25) is 0 Å². The Balaban J connectivity index is 2.60. The Morgan fingerprint density at radius 3 is 2.64 bits per heavy atom. The first kappa shape index (κ1) is 11.8.